The summed E-state index contributed by atoms with van der Waals surface area (Å²) in [4.78, 5) is 10.2. The minimum atomic E-state index is -4.68. The molecule has 6 nitrogen and oxygen atoms in total. The van der Waals surface area contributed by atoms with E-state index in [0.717, 1.165) is 22.9 Å². The molecule has 3 aromatic rings. The van der Waals surface area contributed by atoms with Crippen LogP contribution in [0.2, 0.25) is 0 Å². The highest BCUT2D eigenvalue weighted by molar-refractivity contribution is 6.02. The van der Waals surface area contributed by atoms with Crippen molar-refractivity contribution in [2.45, 2.75) is 6.18 Å². The number of hydrogen-bond donors (Lipinski definition) is 1. The molecule has 0 saturated heterocycles. The van der Waals surface area contributed by atoms with Crippen LogP contribution >= 0.6 is 0 Å². The average Bonchev–Trinajstić information content (AvgIpc) is 2.67. The predicted octanol–water partition coefficient (Wildman–Crippen LogP) is 5.22. The Morgan fingerprint density at radius 2 is 1.89 bits per heavy atom. The van der Waals surface area contributed by atoms with Gasteiger partial charge in [0, 0.05) is 11.6 Å². The number of fused-ring (bicyclic) bond motifs is 1. The number of nitro groups is 1. The van der Waals surface area contributed by atoms with Gasteiger partial charge in [-0.05, 0) is 29.0 Å². The molecule has 0 atom stereocenters. The highest BCUT2D eigenvalue weighted by atomic mass is 19.4. The first kappa shape index (κ1) is 19.2. The SMILES string of the molecule is COc1ccc2ccccc2c1/C=N/Nc1ccc(C(F)(F)F)cc1[N+](=O)[O-]. The van der Waals surface area contributed by atoms with Gasteiger partial charge >= 0.3 is 6.18 Å². The average molecular weight is 389 g/mol. The number of anilines is 1. The van der Waals surface area contributed by atoms with E-state index in [9.17, 15) is 23.3 Å². The van der Waals surface area contributed by atoms with Crippen LogP contribution in [0.5, 0.6) is 5.75 Å². The monoisotopic (exact) mass is 389 g/mol. The van der Waals surface area contributed by atoms with Gasteiger partial charge in [0.1, 0.15) is 11.4 Å². The van der Waals surface area contributed by atoms with E-state index in [1.165, 1.54) is 13.3 Å². The second-order valence-electron chi connectivity index (χ2n) is 5.76. The van der Waals surface area contributed by atoms with Gasteiger partial charge in [-0.2, -0.15) is 18.3 Å². The van der Waals surface area contributed by atoms with Crippen LogP contribution < -0.4 is 10.2 Å². The Labute approximate surface area is 157 Å². The third kappa shape index (κ3) is 3.88. The van der Waals surface area contributed by atoms with Crippen LogP contribution in [0.4, 0.5) is 24.5 Å². The first-order valence-electron chi connectivity index (χ1n) is 8.01. The smallest absolute Gasteiger partial charge is 0.416 e. The van der Waals surface area contributed by atoms with Crippen molar-refractivity contribution < 1.29 is 22.8 Å². The molecule has 0 saturated carbocycles. The molecule has 0 fully saturated rings. The van der Waals surface area contributed by atoms with Crippen LogP contribution in [0, 0.1) is 10.1 Å². The summed E-state index contributed by atoms with van der Waals surface area (Å²) in [6.07, 6.45) is -3.27. The fourth-order valence-corrected chi connectivity index (χ4v) is 2.71. The molecule has 0 radical (unpaired) electrons. The number of hydrogen-bond acceptors (Lipinski definition) is 5. The lowest BCUT2D eigenvalue weighted by atomic mass is 10.0. The molecule has 0 aliphatic rings. The molecule has 0 spiro atoms. The van der Waals surface area contributed by atoms with Gasteiger partial charge in [0.05, 0.1) is 23.8 Å². The number of rotatable bonds is 5. The van der Waals surface area contributed by atoms with E-state index in [4.69, 9.17) is 4.74 Å². The maximum Gasteiger partial charge on any atom is 0.416 e. The molecule has 1 N–H and O–H groups in total. The van der Waals surface area contributed by atoms with Gasteiger partial charge in [0.25, 0.3) is 5.69 Å². The van der Waals surface area contributed by atoms with Crippen molar-refractivity contribution >= 4 is 28.4 Å². The number of ether oxygens (including phenoxy) is 1. The largest absolute Gasteiger partial charge is 0.496 e. The molecule has 0 aromatic heterocycles. The highest BCUT2D eigenvalue weighted by Gasteiger charge is 2.33. The van der Waals surface area contributed by atoms with Crippen molar-refractivity contribution in [2.75, 3.05) is 12.5 Å². The molecule has 0 unspecified atom stereocenters. The summed E-state index contributed by atoms with van der Waals surface area (Å²) in [6, 6.07) is 13.3. The summed E-state index contributed by atoms with van der Waals surface area (Å²) in [5.41, 5.74) is 1.08. The van der Waals surface area contributed by atoms with E-state index >= 15 is 0 Å². The Hall–Kier alpha value is -3.62. The molecule has 0 aliphatic heterocycles. The number of alkyl halides is 3. The summed E-state index contributed by atoms with van der Waals surface area (Å²) < 4.78 is 43.7. The minimum absolute atomic E-state index is 0.159. The second kappa shape index (κ2) is 7.55. The van der Waals surface area contributed by atoms with E-state index in [0.29, 0.717) is 17.4 Å². The zero-order chi connectivity index (χ0) is 20.3. The number of halogens is 3. The molecule has 28 heavy (non-hydrogen) atoms. The molecular weight excluding hydrogens is 375 g/mol. The van der Waals surface area contributed by atoms with Gasteiger partial charge in [-0.15, -0.1) is 0 Å². The molecular formula is C19H14F3N3O3. The maximum atomic E-state index is 12.8. The number of benzene rings is 3. The first-order valence-corrected chi connectivity index (χ1v) is 8.01. The van der Waals surface area contributed by atoms with Crippen LogP contribution in [-0.4, -0.2) is 18.2 Å². The molecule has 144 valence electrons. The van der Waals surface area contributed by atoms with Crippen LogP contribution in [0.25, 0.3) is 10.8 Å². The third-order valence-electron chi connectivity index (χ3n) is 4.05. The molecule has 0 amide bonds. The van der Waals surface area contributed by atoms with Crippen molar-refractivity contribution in [1.82, 2.24) is 0 Å². The normalized spacial score (nSPS) is 11.7. The fourth-order valence-electron chi connectivity index (χ4n) is 2.71. The number of nitrogens with zero attached hydrogens (tertiary/aromatic N) is 2. The Balaban J connectivity index is 1.96. The van der Waals surface area contributed by atoms with Crippen LogP contribution in [0.3, 0.4) is 0 Å². The van der Waals surface area contributed by atoms with Crippen molar-refractivity contribution in [3.63, 3.8) is 0 Å². The molecule has 3 aromatic carbocycles. The van der Waals surface area contributed by atoms with E-state index in [-0.39, 0.29) is 5.69 Å². The van der Waals surface area contributed by atoms with Crippen molar-refractivity contribution in [1.29, 1.82) is 0 Å². The van der Waals surface area contributed by atoms with Gasteiger partial charge in [-0.25, -0.2) is 0 Å². The summed E-state index contributed by atoms with van der Waals surface area (Å²) in [6.45, 7) is 0. The predicted molar refractivity (Wildman–Crippen MR) is 99.8 cm³/mol. The van der Waals surface area contributed by atoms with Crippen LogP contribution in [0.1, 0.15) is 11.1 Å². The second-order valence-corrected chi connectivity index (χ2v) is 5.76. The van der Waals surface area contributed by atoms with Crippen molar-refractivity contribution in [2.24, 2.45) is 5.10 Å². The maximum absolute atomic E-state index is 12.8. The fraction of sp³-hybridized carbons (Fsp3) is 0.105. The van der Waals surface area contributed by atoms with Crippen molar-refractivity contribution in [3.05, 3.63) is 75.8 Å². The molecule has 0 heterocycles. The van der Waals surface area contributed by atoms with E-state index < -0.39 is 22.4 Å². The van der Waals surface area contributed by atoms with E-state index in [2.05, 4.69) is 10.5 Å². The Kier molecular flexibility index (Phi) is 5.16. The number of methoxy groups -OCH3 is 1. The zero-order valence-corrected chi connectivity index (χ0v) is 14.5. The number of nitro benzene ring substituents is 1. The molecule has 0 bridgehead atoms. The lowest BCUT2D eigenvalue weighted by Crippen LogP contribution is -2.06. The summed E-state index contributed by atoms with van der Waals surface area (Å²) in [5, 5.41) is 16.9. The molecule has 3 rings (SSSR count). The lowest BCUT2D eigenvalue weighted by molar-refractivity contribution is -0.384. The van der Waals surface area contributed by atoms with Crippen LogP contribution in [0.15, 0.2) is 59.7 Å². The van der Waals surface area contributed by atoms with Crippen LogP contribution in [-0.2, 0) is 6.18 Å². The van der Waals surface area contributed by atoms with Gasteiger partial charge in [0.15, 0.2) is 0 Å². The van der Waals surface area contributed by atoms with E-state index in [1.807, 2.05) is 30.3 Å². The topological polar surface area (TPSA) is 76.8 Å². The molecule has 9 heteroatoms. The zero-order valence-electron chi connectivity index (χ0n) is 14.5. The third-order valence-corrected chi connectivity index (χ3v) is 4.05. The van der Waals surface area contributed by atoms with Gasteiger partial charge < -0.3 is 4.74 Å². The van der Waals surface area contributed by atoms with Gasteiger partial charge in [-0.1, -0.05) is 30.3 Å². The molecule has 0 aliphatic carbocycles. The van der Waals surface area contributed by atoms with Crippen molar-refractivity contribution in [3.8, 4) is 5.75 Å². The Bertz CT molecular complexity index is 1070. The van der Waals surface area contributed by atoms with E-state index in [1.54, 1.807) is 6.07 Å². The first-order chi connectivity index (χ1) is 13.3. The van der Waals surface area contributed by atoms with Gasteiger partial charge in [-0.3, -0.25) is 15.5 Å². The minimum Gasteiger partial charge on any atom is -0.496 e. The highest BCUT2D eigenvalue weighted by Crippen LogP contribution is 2.35. The quantitative estimate of drug-likeness (QED) is 0.369. The summed E-state index contributed by atoms with van der Waals surface area (Å²) >= 11 is 0. The Morgan fingerprint density at radius 3 is 2.57 bits per heavy atom. The standard InChI is InChI=1S/C19H14F3N3O3/c1-28-18-9-6-12-4-2-3-5-14(12)15(18)11-23-24-16-8-7-13(19(20,21)22)10-17(16)25(26)27/h2-11,24H,1H3/b23-11+. The summed E-state index contributed by atoms with van der Waals surface area (Å²) in [5.74, 6) is 0.533. The lowest BCUT2D eigenvalue weighted by Gasteiger charge is -2.09. The number of hydrazone groups is 1. The van der Waals surface area contributed by atoms with Gasteiger partial charge in [0.2, 0.25) is 0 Å². The number of nitrogens with one attached hydrogen (secondary N) is 1. The Morgan fingerprint density at radius 1 is 1.14 bits per heavy atom. The summed E-state index contributed by atoms with van der Waals surface area (Å²) in [7, 11) is 1.50.